The highest BCUT2D eigenvalue weighted by Crippen LogP contribution is 2.18. The van der Waals surface area contributed by atoms with Gasteiger partial charge in [-0.3, -0.25) is 9.59 Å². The number of aryl methyl sites for hydroxylation is 1. The first-order valence-corrected chi connectivity index (χ1v) is 6.98. The van der Waals surface area contributed by atoms with Gasteiger partial charge in [0.2, 0.25) is 11.8 Å². The Morgan fingerprint density at radius 2 is 2.05 bits per heavy atom. The standard InChI is InChI=1S/C15H21N3O2/c16-13-6-2-1-4-11(13)7-8-14(19)18-9-3-5-12(10-18)15(17)20/h1-2,4,6,12H,3,5,7-10,16H2,(H2,17,20). The van der Waals surface area contributed by atoms with Crippen LogP contribution in [-0.4, -0.2) is 29.8 Å². The zero-order valence-corrected chi connectivity index (χ0v) is 11.5. The van der Waals surface area contributed by atoms with Gasteiger partial charge in [0.15, 0.2) is 0 Å². The minimum absolute atomic E-state index is 0.0687. The van der Waals surface area contributed by atoms with Gasteiger partial charge in [-0.25, -0.2) is 0 Å². The molecule has 5 heteroatoms. The number of rotatable bonds is 4. The van der Waals surface area contributed by atoms with Gasteiger partial charge in [0, 0.05) is 25.2 Å². The molecule has 0 radical (unpaired) electrons. The minimum atomic E-state index is -0.310. The molecule has 0 bridgehead atoms. The molecule has 0 aliphatic carbocycles. The fourth-order valence-electron chi connectivity index (χ4n) is 2.60. The van der Waals surface area contributed by atoms with Gasteiger partial charge < -0.3 is 16.4 Å². The molecule has 1 heterocycles. The van der Waals surface area contributed by atoms with Gasteiger partial charge in [-0.15, -0.1) is 0 Å². The molecular formula is C15H21N3O2. The average molecular weight is 275 g/mol. The number of carbonyl (C=O) groups is 2. The molecule has 1 aliphatic heterocycles. The van der Waals surface area contributed by atoms with Crippen molar-refractivity contribution in [1.29, 1.82) is 0 Å². The van der Waals surface area contributed by atoms with E-state index >= 15 is 0 Å². The number of amides is 2. The van der Waals surface area contributed by atoms with Crippen molar-refractivity contribution in [3.63, 3.8) is 0 Å². The van der Waals surface area contributed by atoms with E-state index in [2.05, 4.69) is 0 Å². The molecule has 1 aromatic rings. The maximum atomic E-state index is 12.2. The van der Waals surface area contributed by atoms with E-state index in [0.717, 1.165) is 18.4 Å². The Bertz CT molecular complexity index is 502. The molecule has 1 atom stereocenters. The van der Waals surface area contributed by atoms with Gasteiger partial charge in [-0.1, -0.05) is 18.2 Å². The molecule has 1 saturated heterocycles. The predicted molar refractivity (Wildman–Crippen MR) is 77.7 cm³/mol. The van der Waals surface area contributed by atoms with E-state index < -0.39 is 0 Å². The Morgan fingerprint density at radius 1 is 1.30 bits per heavy atom. The van der Waals surface area contributed by atoms with Gasteiger partial charge in [0.25, 0.3) is 0 Å². The topological polar surface area (TPSA) is 89.4 Å². The lowest BCUT2D eigenvalue weighted by molar-refractivity contribution is -0.134. The van der Waals surface area contributed by atoms with E-state index in [1.54, 1.807) is 4.90 Å². The van der Waals surface area contributed by atoms with Crippen molar-refractivity contribution in [2.45, 2.75) is 25.7 Å². The molecule has 0 saturated carbocycles. The highest BCUT2D eigenvalue weighted by Gasteiger charge is 2.26. The number of nitrogen functional groups attached to an aromatic ring is 1. The number of anilines is 1. The monoisotopic (exact) mass is 275 g/mol. The molecule has 0 spiro atoms. The smallest absolute Gasteiger partial charge is 0.222 e. The van der Waals surface area contributed by atoms with E-state index in [-0.39, 0.29) is 17.7 Å². The van der Waals surface area contributed by atoms with Crippen LogP contribution < -0.4 is 11.5 Å². The lowest BCUT2D eigenvalue weighted by atomic mass is 9.97. The Labute approximate surface area is 118 Å². The van der Waals surface area contributed by atoms with Crippen molar-refractivity contribution in [2.24, 2.45) is 11.7 Å². The van der Waals surface area contributed by atoms with E-state index in [0.29, 0.717) is 31.6 Å². The zero-order valence-electron chi connectivity index (χ0n) is 11.5. The summed E-state index contributed by atoms with van der Waals surface area (Å²) in [6.07, 6.45) is 2.67. The number of benzene rings is 1. The van der Waals surface area contributed by atoms with Crippen molar-refractivity contribution in [3.05, 3.63) is 29.8 Å². The number of nitrogens with two attached hydrogens (primary N) is 2. The second-order valence-corrected chi connectivity index (χ2v) is 5.28. The first kappa shape index (κ1) is 14.4. The quantitative estimate of drug-likeness (QED) is 0.801. The Morgan fingerprint density at radius 3 is 2.75 bits per heavy atom. The number of primary amides is 1. The van der Waals surface area contributed by atoms with Crippen LogP contribution in [0.5, 0.6) is 0 Å². The Balaban J connectivity index is 1.89. The molecule has 1 unspecified atom stereocenters. The maximum Gasteiger partial charge on any atom is 0.222 e. The van der Waals surface area contributed by atoms with Crippen molar-refractivity contribution in [1.82, 2.24) is 4.90 Å². The van der Waals surface area contributed by atoms with Crippen molar-refractivity contribution >= 4 is 17.5 Å². The van der Waals surface area contributed by atoms with Gasteiger partial charge in [-0.2, -0.15) is 0 Å². The molecule has 0 aromatic heterocycles. The summed E-state index contributed by atoms with van der Waals surface area (Å²) in [5, 5.41) is 0. The van der Waals surface area contributed by atoms with Gasteiger partial charge >= 0.3 is 0 Å². The molecule has 20 heavy (non-hydrogen) atoms. The fraction of sp³-hybridized carbons (Fsp3) is 0.467. The van der Waals surface area contributed by atoms with Gasteiger partial charge in [0.05, 0.1) is 5.92 Å². The van der Waals surface area contributed by atoms with Crippen LogP contribution in [0.15, 0.2) is 24.3 Å². The number of hydrogen-bond acceptors (Lipinski definition) is 3. The molecule has 5 nitrogen and oxygen atoms in total. The summed E-state index contributed by atoms with van der Waals surface area (Å²) < 4.78 is 0. The SMILES string of the molecule is NC(=O)C1CCCN(C(=O)CCc2ccccc2N)C1. The first-order chi connectivity index (χ1) is 9.58. The number of piperidine rings is 1. The molecule has 1 aromatic carbocycles. The summed E-state index contributed by atoms with van der Waals surface area (Å²) in [5.74, 6) is -0.441. The third-order valence-corrected chi connectivity index (χ3v) is 3.84. The van der Waals surface area contributed by atoms with E-state index in [1.807, 2.05) is 24.3 Å². The summed E-state index contributed by atoms with van der Waals surface area (Å²) in [6, 6.07) is 7.57. The summed E-state index contributed by atoms with van der Waals surface area (Å²) in [6.45, 7) is 1.17. The van der Waals surface area contributed by atoms with Crippen molar-refractivity contribution in [3.8, 4) is 0 Å². The molecule has 2 amide bonds. The summed E-state index contributed by atoms with van der Waals surface area (Å²) in [7, 11) is 0. The number of carbonyl (C=O) groups excluding carboxylic acids is 2. The largest absolute Gasteiger partial charge is 0.399 e. The van der Waals surface area contributed by atoms with Gasteiger partial charge in [0.1, 0.15) is 0 Å². The molecule has 4 N–H and O–H groups in total. The minimum Gasteiger partial charge on any atom is -0.399 e. The third kappa shape index (κ3) is 3.50. The van der Waals surface area contributed by atoms with Crippen LogP contribution in [0.4, 0.5) is 5.69 Å². The maximum absolute atomic E-state index is 12.2. The predicted octanol–water partition coefficient (Wildman–Crippen LogP) is 0.925. The number of nitrogens with zero attached hydrogens (tertiary/aromatic N) is 1. The lowest BCUT2D eigenvalue weighted by Crippen LogP contribution is -2.44. The lowest BCUT2D eigenvalue weighted by Gasteiger charge is -2.31. The Hall–Kier alpha value is -2.04. The summed E-state index contributed by atoms with van der Waals surface area (Å²) in [4.78, 5) is 25.1. The molecule has 1 fully saturated rings. The molecule has 108 valence electrons. The second kappa shape index (κ2) is 6.41. The number of likely N-dealkylation sites (tertiary alicyclic amines) is 1. The van der Waals surface area contributed by atoms with Crippen LogP contribution in [0.25, 0.3) is 0 Å². The van der Waals surface area contributed by atoms with Crippen LogP contribution in [0.1, 0.15) is 24.8 Å². The number of para-hydroxylation sites is 1. The zero-order chi connectivity index (χ0) is 14.5. The normalized spacial score (nSPS) is 18.8. The highest BCUT2D eigenvalue weighted by atomic mass is 16.2. The first-order valence-electron chi connectivity index (χ1n) is 6.98. The van der Waals surface area contributed by atoms with Crippen LogP contribution in [0.2, 0.25) is 0 Å². The second-order valence-electron chi connectivity index (χ2n) is 5.28. The summed E-state index contributed by atoms with van der Waals surface area (Å²) >= 11 is 0. The van der Waals surface area contributed by atoms with Gasteiger partial charge in [-0.05, 0) is 30.9 Å². The van der Waals surface area contributed by atoms with E-state index in [1.165, 1.54) is 0 Å². The van der Waals surface area contributed by atoms with Crippen LogP contribution in [-0.2, 0) is 16.0 Å². The van der Waals surface area contributed by atoms with Crippen molar-refractivity contribution < 1.29 is 9.59 Å². The fourth-order valence-corrected chi connectivity index (χ4v) is 2.60. The van der Waals surface area contributed by atoms with Crippen LogP contribution in [0, 0.1) is 5.92 Å². The molecular weight excluding hydrogens is 254 g/mol. The Kier molecular flexibility index (Phi) is 4.61. The third-order valence-electron chi connectivity index (χ3n) is 3.84. The average Bonchev–Trinajstić information content (AvgIpc) is 2.46. The summed E-state index contributed by atoms with van der Waals surface area (Å²) in [5.41, 5.74) is 12.9. The highest BCUT2D eigenvalue weighted by molar-refractivity contribution is 5.80. The number of hydrogen-bond donors (Lipinski definition) is 2. The molecule has 2 rings (SSSR count). The van der Waals surface area contributed by atoms with E-state index in [9.17, 15) is 9.59 Å². The van der Waals surface area contributed by atoms with Crippen LogP contribution >= 0.6 is 0 Å². The van der Waals surface area contributed by atoms with E-state index in [4.69, 9.17) is 11.5 Å². The van der Waals surface area contributed by atoms with Crippen molar-refractivity contribution in [2.75, 3.05) is 18.8 Å². The molecule has 1 aliphatic rings. The van der Waals surface area contributed by atoms with Crippen LogP contribution in [0.3, 0.4) is 0 Å².